The van der Waals surface area contributed by atoms with Crippen LogP contribution in [-0.4, -0.2) is 0 Å². The van der Waals surface area contributed by atoms with Crippen LogP contribution in [0.4, 0.5) is 0 Å². The molecule has 0 atom stereocenters. The fourth-order valence-corrected chi connectivity index (χ4v) is 0. The summed E-state index contributed by atoms with van der Waals surface area (Å²) in [5, 5.41) is 0. The van der Waals surface area contributed by atoms with Gasteiger partial charge in [-0.1, -0.05) is 0 Å². The average Bonchev–Trinajstić information content (AvgIpc) is 0.918. The second-order valence-electron chi connectivity index (χ2n) is 0.0630. The van der Waals surface area contributed by atoms with E-state index in [2.05, 4.69) is 0 Å². The van der Waals surface area contributed by atoms with E-state index in [9.17, 15) is 0 Å². The van der Waals surface area contributed by atoms with Gasteiger partial charge < -0.3 is 1.43 Å². The van der Waals surface area contributed by atoms with Crippen molar-refractivity contribution in [2.45, 2.75) is 0 Å². The summed E-state index contributed by atoms with van der Waals surface area (Å²) in [5.74, 6) is 0. The van der Waals surface area contributed by atoms with E-state index in [0.717, 1.165) is 0 Å². The Hall–Kier alpha value is 0.717. The van der Waals surface area contributed by atoms with Crippen LogP contribution in [0.3, 0.4) is 0 Å². The zero-order valence-electron chi connectivity index (χ0n) is 3.19. The van der Waals surface area contributed by atoms with Crippen LogP contribution in [-0.2, 0) is 22.5 Å². The fraction of sp³-hybridized carbons (Fsp3) is 0. The molecule has 0 aliphatic rings. The summed E-state index contributed by atoms with van der Waals surface area (Å²) in [7, 11) is 0. The molecule has 0 unspecified atom stereocenters. The fourth-order valence-electron chi connectivity index (χ4n) is 0. The third kappa shape index (κ3) is 15.6. The van der Waals surface area contributed by atoms with Crippen LogP contribution >= 0.6 is 0 Å². The Labute approximate surface area is 43.2 Å². The number of rotatable bonds is 0. The molecule has 0 fully saturated rings. The van der Waals surface area contributed by atoms with Crippen LogP contribution in [0, 0.1) is 0 Å². The van der Waals surface area contributed by atoms with Crippen molar-refractivity contribution in [3.05, 3.63) is 0 Å². The molecule has 4 heteroatoms. The predicted molar refractivity (Wildman–Crippen MR) is 2.49 cm³/mol. The topological polar surface area (TPSA) is 34.1 Å². The zero-order valence-corrected chi connectivity index (χ0v) is 3.37. The van der Waals surface area contributed by atoms with Crippen molar-refractivity contribution in [1.82, 2.24) is 0 Å². The molecule has 0 aliphatic heterocycles. The quantitative estimate of drug-likeness (QED) is 0.298. The summed E-state index contributed by atoms with van der Waals surface area (Å²) in [4.78, 5) is 0. The third-order valence-electron chi connectivity index (χ3n) is 0. The van der Waals surface area contributed by atoms with Crippen molar-refractivity contribution in [2.75, 3.05) is 0 Å². The van der Waals surface area contributed by atoms with Gasteiger partial charge in [-0.15, -0.1) is 0 Å². The first-order valence-electron chi connectivity index (χ1n) is 0.309. The van der Waals surface area contributed by atoms with E-state index in [0.29, 0.717) is 0 Å². The first-order chi connectivity index (χ1) is 1.41. The Morgan fingerprint density at radius 1 is 1.50 bits per heavy atom. The van der Waals surface area contributed by atoms with Crippen molar-refractivity contribution in [3.8, 4) is 0 Å². The van der Waals surface area contributed by atoms with Crippen molar-refractivity contribution >= 4 is 0 Å². The van der Waals surface area contributed by atoms with Crippen LogP contribution in [0.25, 0.3) is 0 Å². The number of hydrogen-bond acceptors (Lipinski definition) is 2. The Morgan fingerprint density at radius 3 is 1.50 bits per heavy atom. The maximum atomic E-state index is 8.41. The second-order valence-corrected chi connectivity index (χ2v) is 0.260. The maximum absolute atomic E-state index is 8.41. The van der Waals surface area contributed by atoms with Gasteiger partial charge in [-0.2, -0.15) is 0 Å². The molecule has 0 N–H and O–H groups in total. The molecule has 0 spiro atoms. The van der Waals surface area contributed by atoms with Crippen LogP contribution in [0.15, 0.2) is 0 Å². The van der Waals surface area contributed by atoms with E-state index in [-0.39, 0.29) is 20.3 Å². The molecule has 0 aromatic rings. The van der Waals surface area contributed by atoms with E-state index < -0.39 is 14.8 Å². The molecule has 0 heterocycles. The summed E-state index contributed by atoms with van der Waals surface area (Å²) in [6.07, 6.45) is 0. The first kappa shape index (κ1) is 8.83. The standard InChI is InChI=1S/Li.Mn.2O.H/q+1;;;;-1. The van der Waals surface area contributed by atoms with E-state index >= 15 is 0 Å². The molecule has 0 saturated heterocycles. The SMILES string of the molecule is [H-].[Li+].[O]=[Mn]=[O]. The molecule has 0 rings (SSSR count). The van der Waals surface area contributed by atoms with Crippen molar-refractivity contribution in [3.63, 3.8) is 0 Å². The Bertz CT molecular complexity index is 30.6. The van der Waals surface area contributed by atoms with Gasteiger partial charge in [0.25, 0.3) is 0 Å². The minimum atomic E-state index is -1.44. The molecular formula is HLiMnO2. The van der Waals surface area contributed by atoms with E-state index in [1.807, 2.05) is 0 Å². The molecule has 0 aliphatic carbocycles. The predicted octanol–water partition coefficient (Wildman–Crippen LogP) is -3.12. The molecule has 2 nitrogen and oxygen atoms in total. The van der Waals surface area contributed by atoms with Crippen LogP contribution in [0.2, 0.25) is 0 Å². The van der Waals surface area contributed by atoms with Crippen molar-refractivity contribution in [1.29, 1.82) is 0 Å². The summed E-state index contributed by atoms with van der Waals surface area (Å²) < 4.78 is 16.8. The van der Waals surface area contributed by atoms with Gasteiger partial charge in [0, 0.05) is 0 Å². The second kappa shape index (κ2) is 9.31. The molecule has 0 aromatic carbocycles. The molecular weight excluding hydrogens is 93.9 g/mol. The molecule has 0 saturated carbocycles. The van der Waals surface area contributed by atoms with Gasteiger partial charge in [-0.25, -0.2) is 0 Å². The van der Waals surface area contributed by atoms with Gasteiger partial charge in [0.2, 0.25) is 0 Å². The Kier molecular flexibility index (Phi) is 20.5. The molecule has 21 valence electrons. The van der Waals surface area contributed by atoms with Gasteiger partial charge in [0.1, 0.15) is 0 Å². The Balaban J connectivity index is -0.0000000200. The first-order valence-corrected chi connectivity index (χ1v) is 1.27. The zero-order chi connectivity index (χ0) is 2.71. The van der Waals surface area contributed by atoms with Gasteiger partial charge in [0.05, 0.1) is 0 Å². The van der Waals surface area contributed by atoms with Crippen LogP contribution in [0.5, 0.6) is 0 Å². The van der Waals surface area contributed by atoms with Gasteiger partial charge in [0.15, 0.2) is 0 Å². The normalized spacial score (nSPS) is 3.00. The molecule has 0 bridgehead atoms. The van der Waals surface area contributed by atoms with Gasteiger partial charge in [-0.05, 0) is 0 Å². The monoisotopic (exact) mass is 95.0 g/mol. The van der Waals surface area contributed by atoms with E-state index in [1.165, 1.54) is 0 Å². The summed E-state index contributed by atoms with van der Waals surface area (Å²) >= 11 is -1.44. The Morgan fingerprint density at radius 2 is 1.50 bits per heavy atom. The summed E-state index contributed by atoms with van der Waals surface area (Å²) in [6.45, 7) is 0. The molecule has 4 heavy (non-hydrogen) atoms. The summed E-state index contributed by atoms with van der Waals surface area (Å²) in [6, 6.07) is 0. The molecule has 0 aromatic heterocycles. The van der Waals surface area contributed by atoms with Crippen LogP contribution < -0.4 is 18.9 Å². The minimum absolute atomic E-state index is 0. The van der Waals surface area contributed by atoms with Crippen molar-refractivity contribution < 1.29 is 42.8 Å². The summed E-state index contributed by atoms with van der Waals surface area (Å²) in [5.41, 5.74) is 0. The van der Waals surface area contributed by atoms with Gasteiger partial charge >= 0.3 is 41.4 Å². The third-order valence-corrected chi connectivity index (χ3v) is 0. The van der Waals surface area contributed by atoms with E-state index in [1.54, 1.807) is 0 Å². The van der Waals surface area contributed by atoms with Gasteiger partial charge in [-0.3, -0.25) is 0 Å². The molecule has 0 radical (unpaired) electrons. The molecule has 0 amide bonds. The van der Waals surface area contributed by atoms with Crippen LogP contribution in [0.1, 0.15) is 1.43 Å². The number of hydrogen-bond donors (Lipinski definition) is 0. The average molecular weight is 94.9 g/mol. The van der Waals surface area contributed by atoms with E-state index in [4.69, 9.17) is 7.67 Å². The van der Waals surface area contributed by atoms with Crippen molar-refractivity contribution in [2.24, 2.45) is 0 Å².